The number of hydrogen-bond acceptors (Lipinski definition) is 3. The number of aromatic hydroxyl groups is 1. The molecule has 0 radical (unpaired) electrons. The van der Waals surface area contributed by atoms with Crippen LogP contribution in [-0.4, -0.2) is 20.1 Å². The van der Waals surface area contributed by atoms with E-state index in [1.54, 1.807) is 12.3 Å². The number of pyridine rings is 1. The maximum Gasteiger partial charge on any atom is 0.178 e. The van der Waals surface area contributed by atoms with Gasteiger partial charge in [0, 0.05) is 6.20 Å². The van der Waals surface area contributed by atoms with Crippen LogP contribution in [0, 0.1) is 13.8 Å². The molecule has 3 rings (SSSR count). The van der Waals surface area contributed by atoms with E-state index < -0.39 is 0 Å². The first kappa shape index (κ1) is 10.8. The summed E-state index contributed by atoms with van der Waals surface area (Å²) < 4.78 is 0. The van der Waals surface area contributed by atoms with Gasteiger partial charge in [-0.2, -0.15) is 0 Å². The zero-order valence-corrected chi connectivity index (χ0v) is 10.2. The number of hydrogen-bond donors (Lipinski definition) is 2. The molecule has 0 saturated carbocycles. The largest absolute Gasteiger partial charge is 0.507 e. The summed E-state index contributed by atoms with van der Waals surface area (Å²) in [6.45, 7) is 3.96. The van der Waals surface area contributed by atoms with Crippen LogP contribution in [0.3, 0.4) is 0 Å². The fourth-order valence-corrected chi connectivity index (χ4v) is 1.97. The highest BCUT2D eigenvalue weighted by atomic mass is 16.3. The zero-order valence-electron chi connectivity index (χ0n) is 10.2. The first-order valence-electron chi connectivity index (χ1n) is 5.76. The summed E-state index contributed by atoms with van der Waals surface area (Å²) in [4.78, 5) is 11.8. The first-order valence-corrected chi connectivity index (χ1v) is 5.76. The van der Waals surface area contributed by atoms with Gasteiger partial charge in [0.25, 0.3) is 0 Å². The zero-order chi connectivity index (χ0) is 12.7. The smallest absolute Gasteiger partial charge is 0.178 e. The maximum absolute atomic E-state index is 9.89. The maximum atomic E-state index is 9.89. The Balaban J connectivity index is 2.22. The number of nitrogens with one attached hydrogen (secondary N) is 1. The molecule has 0 aliphatic rings. The van der Waals surface area contributed by atoms with Gasteiger partial charge in [-0.25, -0.2) is 9.97 Å². The summed E-state index contributed by atoms with van der Waals surface area (Å²) in [7, 11) is 0. The molecular formula is C14H13N3O. The van der Waals surface area contributed by atoms with Crippen LogP contribution in [0.25, 0.3) is 22.6 Å². The molecule has 1 aromatic carbocycles. The van der Waals surface area contributed by atoms with Gasteiger partial charge in [0.2, 0.25) is 0 Å². The number of aromatic nitrogens is 3. The fourth-order valence-electron chi connectivity index (χ4n) is 1.97. The second kappa shape index (κ2) is 3.84. The van der Waals surface area contributed by atoms with E-state index in [0.717, 1.165) is 16.6 Å². The number of phenolic OH excluding ortho intramolecular Hbond substituents is 1. The van der Waals surface area contributed by atoms with Gasteiger partial charge in [-0.15, -0.1) is 0 Å². The molecule has 3 aromatic rings. The molecule has 4 heteroatoms. The fraction of sp³-hybridized carbons (Fsp3) is 0.143. The molecule has 2 aromatic heterocycles. The summed E-state index contributed by atoms with van der Waals surface area (Å²) >= 11 is 0. The quantitative estimate of drug-likeness (QED) is 0.686. The summed E-state index contributed by atoms with van der Waals surface area (Å²) in [5.41, 5.74) is 4.40. The molecule has 4 nitrogen and oxygen atoms in total. The van der Waals surface area contributed by atoms with Crippen molar-refractivity contribution in [2.24, 2.45) is 0 Å². The molecule has 90 valence electrons. The van der Waals surface area contributed by atoms with E-state index in [-0.39, 0.29) is 5.75 Å². The van der Waals surface area contributed by atoms with Crippen molar-refractivity contribution in [3.63, 3.8) is 0 Å². The average molecular weight is 239 g/mol. The third-order valence-corrected chi connectivity index (χ3v) is 2.88. The Kier molecular flexibility index (Phi) is 2.30. The van der Waals surface area contributed by atoms with Crippen LogP contribution in [-0.2, 0) is 0 Å². The number of aryl methyl sites for hydroxylation is 2. The van der Waals surface area contributed by atoms with Crippen LogP contribution < -0.4 is 0 Å². The minimum Gasteiger partial charge on any atom is -0.507 e. The third kappa shape index (κ3) is 1.72. The van der Waals surface area contributed by atoms with Crippen molar-refractivity contribution in [2.45, 2.75) is 13.8 Å². The predicted octanol–water partition coefficient (Wildman–Crippen LogP) is 2.95. The molecule has 0 spiro atoms. The van der Waals surface area contributed by atoms with Crippen molar-refractivity contribution >= 4 is 11.2 Å². The molecule has 0 unspecified atom stereocenters. The Hall–Kier alpha value is -2.36. The van der Waals surface area contributed by atoms with Crippen LogP contribution >= 0.6 is 0 Å². The van der Waals surface area contributed by atoms with Gasteiger partial charge >= 0.3 is 0 Å². The summed E-state index contributed by atoms with van der Waals surface area (Å²) in [5.74, 6) is 0.862. The van der Waals surface area contributed by atoms with E-state index in [4.69, 9.17) is 0 Å². The lowest BCUT2D eigenvalue weighted by atomic mass is 10.1. The summed E-state index contributed by atoms with van der Waals surface area (Å²) in [5, 5.41) is 9.89. The van der Waals surface area contributed by atoms with E-state index in [2.05, 4.69) is 15.0 Å². The second-order valence-electron chi connectivity index (χ2n) is 4.49. The minimum atomic E-state index is 0.219. The predicted molar refractivity (Wildman–Crippen MR) is 70.5 cm³/mol. The third-order valence-electron chi connectivity index (χ3n) is 2.88. The SMILES string of the molecule is Cc1ccc(O)c(-c2nc3ncc(C)cc3[nH]2)c1. The van der Waals surface area contributed by atoms with Gasteiger partial charge in [-0.3, -0.25) is 0 Å². The van der Waals surface area contributed by atoms with E-state index in [1.807, 2.05) is 32.0 Å². The summed E-state index contributed by atoms with van der Waals surface area (Å²) in [6, 6.07) is 7.44. The topological polar surface area (TPSA) is 61.8 Å². The highest BCUT2D eigenvalue weighted by molar-refractivity contribution is 5.78. The van der Waals surface area contributed by atoms with Crippen molar-refractivity contribution < 1.29 is 5.11 Å². The molecule has 0 amide bonds. The number of imidazole rings is 1. The average Bonchev–Trinajstić information content (AvgIpc) is 2.74. The van der Waals surface area contributed by atoms with Crippen LogP contribution in [0.2, 0.25) is 0 Å². The lowest BCUT2D eigenvalue weighted by Gasteiger charge is -2.01. The van der Waals surface area contributed by atoms with Crippen molar-refractivity contribution in [1.29, 1.82) is 0 Å². The minimum absolute atomic E-state index is 0.219. The first-order chi connectivity index (χ1) is 8.63. The van der Waals surface area contributed by atoms with E-state index >= 15 is 0 Å². The van der Waals surface area contributed by atoms with Crippen molar-refractivity contribution in [2.75, 3.05) is 0 Å². The number of H-pyrrole nitrogens is 1. The second-order valence-corrected chi connectivity index (χ2v) is 4.49. The Morgan fingerprint density at radius 3 is 2.78 bits per heavy atom. The highest BCUT2D eigenvalue weighted by Crippen LogP contribution is 2.29. The molecule has 18 heavy (non-hydrogen) atoms. The normalized spacial score (nSPS) is 11.0. The number of aromatic amines is 1. The standard InChI is InChI=1S/C14H13N3O/c1-8-3-4-12(18)10(5-8)13-16-11-6-9(2)7-15-14(11)17-13/h3-7,18H,1-2H3,(H,15,16,17). The number of nitrogens with zero attached hydrogens (tertiary/aromatic N) is 2. The molecule has 0 saturated heterocycles. The molecule has 2 heterocycles. The lowest BCUT2D eigenvalue weighted by molar-refractivity contribution is 0.477. The van der Waals surface area contributed by atoms with Gasteiger partial charge in [0.05, 0.1) is 11.1 Å². The van der Waals surface area contributed by atoms with Crippen molar-refractivity contribution in [1.82, 2.24) is 15.0 Å². The number of phenols is 1. The molecular weight excluding hydrogens is 226 g/mol. The van der Waals surface area contributed by atoms with Crippen molar-refractivity contribution in [3.8, 4) is 17.1 Å². The van der Waals surface area contributed by atoms with Crippen LogP contribution in [0.15, 0.2) is 30.5 Å². The van der Waals surface area contributed by atoms with Gasteiger partial charge < -0.3 is 10.1 Å². The molecule has 2 N–H and O–H groups in total. The monoisotopic (exact) mass is 239 g/mol. The molecule has 0 bridgehead atoms. The Bertz CT molecular complexity index is 731. The molecule has 0 fully saturated rings. The van der Waals surface area contributed by atoms with Gasteiger partial charge in [0.15, 0.2) is 5.65 Å². The Morgan fingerprint density at radius 1 is 1.11 bits per heavy atom. The van der Waals surface area contributed by atoms with Gasteiger partial charge in [0.1, 0.15) is 11.6 Å². The van der Waals surface area contributed by atoms with Gasteiger partial charge in [-0.05, 0) is 37.6 Å². The van der Waals surface area contributed by atoms with Crippen LogP contribution in [0.5, 0.6) is 5.75 Å². The molecule has 0 aliphatic carbocycles. The van der Waals surface area contributed by atoms with E-state index in [0.29, 0.717) is 17.0 Å². The summed E-state index contributed by atoms with van der Waals surface area (Å²) in [6.07, 6.45) is 1.78. The van der Waals surface area contributed by atoms with Gasteiger partial charge in [-0.1, -0.05) is 11.6 Å². The Morgan fingerprint density at radius 2 is 1.94 bits per heavy atom. The van der Waals surface area contributed by atoms with Crippen molar-refractivity contribution in [3.05, 3.63) is 41.6 Å². The highest BCUT2D eigenvalue weighted by Gasteiger charge is 2.10. The molecule has 0 atom stereocenters. The number of rotatable bonds is 1. The number of fused-ring (bicyclic) bond motifs is 1. The Labute approximate surface area is 104 Å². The van der Waals surface area contributed by atoms with E-state index in [9.17, 15) is 5.11 Å². The van der Waals surface area contributed by atoms with Crippen LogP contribution in [0.4, 0.5) is 0 Å². The number of benzene rings is 1. The molecule has 0 aliphatic heterocycles. The van der Waals surface area contributed by atoms with E-state index in [1.165, 1.54) is 0 Å². The van der Waals surface area contributed by atoms with Crippen LogP contribution in [0.1, 0.15) is 11.1 Å². The lowest BCUT2D eigenvalue weighted by Crippen LogP contribution is -1.83.